The fraction of sp³-hybridized carbons (Fsp3) is 0.500. The van der Waals surface area contributed by atoms with Crippen LogP contribution in [-0.4, -0.2) is 23.5 Å². The van der Waals surface area contributed by atoms with E-state index in [-0.39, 0.29) is 11.8 Å². The van der Waals surface area contributed by atoms with Crippen LogP contribution in [0.2, 0.25) is 0 Å². The Balaban J connectivity index is 2.14. The summed E-state index contributed by atoms with van der Waals surface area (Å²) in [5, 5.41) is 11.6. The Morgan fingerprint density at radius 3 is 2.50 bits per heavy atom. The van der Waals surface area contributed by atoms with Gasteiger partial charge in [-0.1, -0.05) is 36.8 Å². The van der Waals surface area contributed by atoms with Gasteiger partial charge in [0, 0.05) is 13.0 Å². The zero-order valence-electron chi connectivity index (χ0n) is 12.2. The molecule has 0 saturated heterocycles. The summed E-state index contributed by atoms with van der Waals surface area (Å²) < 4.78 is 0. The van der Waals surface area contributed by atoms with E-state index in [4.69, 9.17) is 5.11 Å². The number of amides is 1. The lowest BCUT2D eigenvalue weighted by atomic mass is 10.1. The lowest BCUT2D eigenvalue weighted by Crippen LogP contribution is -2.25. The standard InChI is InChI=1S/C16H23NO3/c1-12-5-7-14(8-6-12)9-10-15(18)17-11-3-4-13(2)16(19)20/h5-8,13H,3-4,9-11H2,1-2H3,(H,17,18)(H,19,20). The van der Waals surface area contributed by atoms with Crippen LogP contribution >= 0.6 is 0 Å². The molecule has 1 aromatic rings. The number of nitrogens with one attached hydrogen (secondary N) is 1. The van der Waals surface area contributed by atoms with Gasteiger partial charge in [-0.25, -0.2) is 0 Å². The molecule has 110 valence electrons. The first-order valence-corrected chi connectivity index (χ1v) is 7.04. The number of hydrogen-bond donors (Lipinski definition) is 2. The maximum absolute atomic E-state index is 11.6. The molecule has 2 N–H and O–H groups in total. The molecule has 1 rings (SSSR count). The fourth-order valence-corrected chi connectivity index (χ4v) is 1.86. The van der Waals surface area contributed by atoms with Gasteiger partial charge in [-0.3, -0.25) is 9.59 Å². The molecule has 1 atom stereocenters. The fourth-order valence-electron chi connectivity index (χ4n) is 1.86. The summed E-state index contributed by atoms with van der Waals surface area (Å²) in [6, 6.07) is 8.16. The summed E-state index contributed by atoms with van der Waals surface area (Å²) in [5.74, 6) is -1.11. The van der Waals surface area contributed by atoms with E-state index in [0.29, 0.717) is 25.8 Å². The molecule has 1 aromatic carbocycles. The van der Waals surface area contributed by atoms with Crippen molar-refractivity contribution in [3.8, 4) is 0 Å². The largest absolute Gasteiger partial charge is 0.481 e. The van der Waals surface area contributed by atoms with Crippen LogP contribution in [0.15, 0.2) is 24.3 Å². The topological polar surface area (TPSA) is 66.4 Å². The maximum atomic E-state index is 11.6. The van der Waals surface area contributed by atoms with Gasteiger partial charge in [0.05, 0.1) is 5.92 Å². The average molecular weight is 277 g/mol. The molecule has 0 aliphatic rings. The van der Waals surface area contributed by atoms with Crippen molar-refractivity contribution in [2.24, 2.45) is 5.92 Å². The number of benzene rings is 1. The van der Waals surface area contributed by atoms with Crippen LogP contribution in [0.4, 0.5) is 0 Å². The summed E-state index contributed by atoms with van der Waals surface area (Å²) in [6.07, 6.45) is 2.49. The molecule has 0 spiro atoms. The molecule has 20 heavy (non-hydrogen) atoms. The Bertz CT molecular complexity index is 440. The van der Waals surface area contributed by atoms with Crippen LogP contribution < -0.4 is 5.32 Å². The van der Waals surface area contributed by atoms with Gasteiger partial charge < -0.3 is 10.4 Å². The van der Waals surface area contributed by atoms with Gasteiger partial charge in [0.2, 0.25) is 5.91 Å². The molecule has 0 bridgehead atoms. The van der Waals surface area contributed by atoms with Crippen LogP contribution in [0.1, 0.15) is 37.3 Å². The van der Waals surface area contributed by atoms with Gasteiger partial charge in [0.15, 0.2) is 0 Å². The second-order valence-corrected chi connectivity index (χ2v) is 5.22. The third-order valence-corrected chi connectivity index (χ3v) is 3.32. The van der Waals surface area contributed by atoms with Crippen molar-refractivity contribution in [1.82, 2.24) is 5.32 Å². The molecular weight excluding hydrogens is 254 g/mol. The first kappa shape index (κ1) is 16.2. The van der Waals surface area contributed by atoms with Crippen molar-refractivity contribution in [1.29, 1.82) is 0 Å². The van der Waals surface area contributed by atoms with Crippen LogP contribution in [0.25, 0.3) is 0 Å². The SMILES string of the molecule is Cc1ccc(CCC(=O)NCCCC(C)C(=O)O)cc1. The van der Waals surface area contributed by atoms with Gasteiger partial charge in [0.1, 0.15) is 0 Å². The van der Waals surface area contributed by atoms with Gasteiger partial charge in [-0.2, -0.15) is 0 Å². The number of aliphatic carboxylic acids is 1. The third-order valence-electron chi connectivity index (χ3n) is 3.32. The van der Waals surface area contributed by atoms with E-state index >= 15 is 0 Å². The van der Waals surface area contributed by atoms with Crippen LogP contribution in [0, 0.1) is 12.8 Å². The van der Waals surface area contributed by atoms with E-state index in [1.54, 1.807) is 6.92 Å². The molecule has 1 amide bonds. The van der Waals surface area contributed by atoms with Gasteiger partial charge in [-0.05, 0) is 31.7 Å². The minimum atomic E-state index is -0.782. The minimum absolute atomic E-state index is 0.0218. The zero-order valence-corrected chi connectivity index (χ0v) is 12.2. The van der Waals surface area contributed by atoms with Crippen molar-refractivity contribution in [3.63, 3.8) is 0 Å². The highest BCUT2D eigenvalue weighted by Gasteiger charge is 2.10. The van der Waals surface area contributed by atoms with Gasteiger partial charge in [-0.15, -0.1) is 0 Å². The van der Waals surface area contributed by atoms with E-state index < -0.39 is 5.97 Å². The van der Waals surface area contributed by atoms with Crippen molar-refractivity contribution in [3.05, 3.63) is 35.4 Å². The third kappa shape index (κ3) is 6.36. The number of carbonyl (C=O) groups is 2. The molecule has 1 unspecified atom stereocenters. The highest BCUT2D eigenvalue weighted by Crippen LogP contribution is 2.06. The molecule has 0 saturated carbocycles. The zero-order chi connectivity index (χ0) is 15.0. The summed E-state index contributed by atoms with van der Waals surface area (Å²) in [6.45, 7) is 4.26. The molecule has 4 heteroatoms. The molecule has 0 radical (unpaired) electrons. The molecule has 0 aromatic heterocycles. The number of rotatable bonds is 8. The molecule has 0 aliphatic carbocycles. The van der Waals surface area contributed by atoms with Crippen molar-refractivity contribution >= 4 is 11.9 Å². The summed E-state index contributed by atoms with van der Waals surface area (Å²) >= 11 is 0. The van der Waals surface area contributed by atoms with Gasteiger partial charge >= 0.3 is 5.97 Å². The Kier molecular flexibility index (Phi) is 6.77. The molecular formula is C16H23NO3. The van der Waals surface area contributed by atoms with Gasteiger partial charge in [0.25, 0.3) is 0 Å². The minimum Gasteiger partial charge on any atom is -0.481 e. The second-order valence-electron chi connectivity index (χ2n) is 5.22. The lowest BCUT2D eigenvalue weighted by molar-refractivity contribution is -0.141. The predicted octanol–water partition coefficient (Wildman–Crippen LogP) is 2.54. The Labute approximate surface area is 120 Å². The highest BCUT2D eigenvalue weighted by molar-refractivity contribution is 5.76. The summed E-state index contributed by atoms with van der Waals surface area (Å²) in [5.41, 5.74) is 2.37. The number of hydrogen-bond acceptors (Lipinski definition) is 2. The average Bonchev–Trinajstić information content (AvgIpc) is 2.42. The number of aryl methyl sites for hydroxylation is 2. The predicted molar refractivity (Wildman–Crippen MR) is 78.5 cm³/mol. The molecule has 0 fully saturated rings. The summed E-state index contributed by atoms with van der Waals surface area (Å²) in [7, 11) is 0. The van der Waals surface area contributed by atoms with E-state index in [0.717, 1.165) is 12.0 Å². The first-order chi connectivity index (χ1) is 9.49. The number of carbonyl (C=O) groups excluding carboxylic acids is 1. The van der Waals surface area contributed by atoms with Crippen LogP contribution in [-0.2, 0) is 16.0 Å². The van der Waals surface area contributed by atoms with Crippen molar-refractivity contribution in [2.45, 2.75) is 39.5 Å². The monoisotopic (exact) mass is 277 g/mol. The number of carboxylic acids is 1. The quantitative estimate of drug-likeness (QED) is 0.718. The highest BCUT2D eigenvalue weighted by atomic mass is 16.4. The van der Waals surface area contributed by atoms with E-state index in [9.17, 15) is 9.59 Å². The molecule has 0 heterocycles. The summed E-state index contributed by atoms with van der Waals surface area (Å²) in [4.78, 5) is 22.3. The van der Waals surface area contributed by atoms with Crippen LogP contribution in [0.3, 0.4) is 0 Å². The van der Waals surface area contributed by atoms with Crippen molar-refractivity contribution in [2.75, 3.05) is 6.54 Å². The second kappa shape index (κ2) is 8.35. The maximum Gasteiger partial charge on any atom is 0.306 e. The normalized spacial score (nSPS) is 11.9. The Morgan fingerprint density at radius 1 is 1.25 bits per heavy atom. The van der Waals surface area contributed by atoms with E-state index in [1.165, 1.54) is 5.56 Å². The van der Waals surface area contributed by atoms with E-state index in [2.05, 4.69) is 5.32 Å². The van der Waals surface area contributed by atoms with Crippen molar-refractivity contribution < 1.29 is 14.7 Å². The Morgan fingerprint density at radius 2 is 1.90 bits per heavy atom. The smallest absolute Gasteiger partial charge is 0.306 e. The molecule has 4 nitrogen and oxygen atoms in total. The van der Waals surface area contributed by atoms with Crippen LogP contribution in [0.5, 0.6) is 0 Å². The number of carboxylic acid groups (broad SMARTS) is 1. The molecule has 0 aliphatic heterocycles. The lowest BCUT2D eigenvalue weighted by Gasteiger charge is -2.07. The Hall–Kier alpha value is -1.84. The first-order valence-electron chi connectivity index (χ1n) is 7.04. The van der Waals surface area contributed by atoms with E-state index in [1.807, 2.05) is 31.2 Å².